The summed E-state index contributed by atoms with van der Waals surface area (Å²) in [7, 11) is 0. The number of amides is 2. The summed E-state index contributed by atoms with van der Waals surface area (Å²) in [4.78, 5) is 23.3. The van der Waals surface area contributed by atoms with Crippen LogP contribution >= 0.6 is 11.6 Å². The largest absolute Gasteiger partial charge is 0.347 e. The van der Waals surface area contributed by atoms with Crippen molar-refractivity contribution in [2.75, 3.05) is 11.9 Å². The van der Waals surface area contributed by atoms with Crippen LogP contribution in [-0.2, 0) is 16.0 Å². The van der Waals surface area contributed by atoms with E-state index in [9.17, 15) is 14.0 Å². The van der Waals surface area contributed by atoms with E-state index >= 15 is 0 Å². The molecule has 0 aliphatic rings. The smallest absolute Gasteiger partial charge is 0.313 e. The van der Waals surface area contributed by atoms with Crippen LogP contribution < -0.4 is 10.6 Å². The van der Waals surface area contributed by atoms with Crippen molar-refractivity contribution >= 4 is 29.1 Å². The van der Waals surface area contributed by atoms with Gasteiger partial charge in [-0.3, -0.25) is 9.59 Å². The van der Waals surface area contributed by atoms with Gasteiger partial charge in [-0.25, -0.2) is 4.39 Å². The molecular weight excluding hydrogens is 307 g/mol. The number of hydrogen-bond acceptors (Lipinski definition) is 2. The number of benzene rings is 2. The number of para-hydroxylation sites is 1. The Bertz CT molecular complexity index is 691. The third-order valence-corrected chi connectivity index (χ3v) is 3.33. The van der Waals surface area contributed by atoms with Crippen LogP contribution in [0.4, 0.5) is 10.1 Å². The first-order chi connectivity index (χ1) is 10.6. The molecule has 0 radical (unpaired) electrons. The van der Waals surface area contributed by atoms with Gasteiger partial charge >= 0.3 is 11.8 Å². The Kier molecular flexibility index (Phi) is 5.49. The normalized spacial score (nSPS) is 10.1. The quantitative estimate of drug-likeness (QED) is 0.851. The first-order valence-electron chi connectivity index (χ1n) is 6.65. The zero-order chi connectivity index (χ0) is 15.9. The molecule has 0 unspecified atom stereocenters. The maximum atomic E-state index is 13.4. The standard InChI is InChI=1S/C16H14ClFN2O2/c17-12-6-2-1-5-11(12)9-10-19-15(21)16(22)20-14-8-4-3-7-13(14)18/h1-8H,9-10H2,(H,19,21)(H,20,22). The molecule has 2 aromatic carbocycles. The van der Waals surface area contributed by atoms with Gasteiger partial charge in [-0.05, 0) is 30.2 Å². The van der Waals surface area contributed by atoms with Crippen LogP contribution in [-0.4, -0.2) is 18.4 Å². The van der Waals surface area contributed by atoms with Crippen LogP contribution in [0.2, 0.25) is 5.02 Å². The molecule has 2 rings (SSSR count). The van der Waals surface area contributed by atoms with Gasteiger partial charge in [0.05, 0.1) is 5.69 Å². The Morgan fingerprint density at radius 3 is 2.41 bits per heavy atom. The molecule has 6 heteroatoms. The van der Waals surface area contributed by atoms with E-state index in [-0.39, 0.29) is 12.2 Å². The predicted molar refractivity (Wildman–Crippen MR) is 83.2 cm³/mol. The average molecular weight is 321 g/mol. The van der Waals surface area contributed by atoms with Gasteiger partial charge in [-0.15, -0.1) is 0 Å². The van der Waals surface area contributed by atoms with Gasteiger partial charge in [-0.2, -0.15) is 0 Å². The number of carbonyl (C=O) groups is 2. The highest BCUT2D eigenvalue weighted by molar-refractivity contribution is 6.39. The van der Waals surface area contributed by atoms with Gasteiger partial charge in [0.2, 0.25) is 0 Å². The lowest BCUT2D eigenvalue weighted by molar-refractivity contribution is -0.136. The topological polar surface area (TPSA) is 58.2 Å². The van der Waals surface area contributed by atoms with Gasteiger partial charge in [0.15, 0.2) is 0 Å². The second-order valence-corrected chi connectivity index (χ2v) is 4.94. The molecule has 0 bridgehead atoms. The number of rotatable bonds is 4. The molecule has 2 N–H and O–H groups in total. The van der Waals surface area contributed by atoms with Crippen molar-refractivity contribution in [2.24, 2.45) is 0 Å². The Morgan fingerprint density at radius 1 is 1.00 bits per heavy atom. The van der Waals surface area contributed by atoms with Crippen LogP contribution in [0.1, 0.15) is 5.56 Å². The second-order valence-electron chi connectivity index (χ2n) is 4.53. The van der Waals surface area contributed by atoms with E-state index in [0.29, 0.717) is 11.4 Å². The van der Waals surface area contributed by atoms with E-state index in [1.54, 1.807) is 12.1 Å². The molecule has 0 aliphatic heterocycles. The van der Waals surface area contributed by atoms with Gasteiger partial charge in [-0.1, -0.05) is 41.9 Å². The molecule has 2 amide bonds. The number of halogens is 2. The minimum absolute atomic E-state index is 0.0336. The van der Waals surface area contributed by atoms with E-state index in [0.717, 1.165) is 5.56 Å². The summed E-state index contributed by atoms with van der Waals surface area (Å²) in [6, 6.07) is 12.9. The van der Waals surface area contributed by atoms with Crippen molar-refractivity contribution in [3.8, 4) is 0 Å². The SMILES string of the molecule is O=C(NCCc1ccccc1Cl)C(=O)Nc1ccccc1F. The van der Waals surface area contributed by atoms with Gasteiger partial charge < -0.3 is 10.6 Å². The molecule has 0 spiro atoms. The monoisotopic (exact) mass is 320 g/mol. The maximum Gasteiger partial charge on any atom is 0.313 e. The van der Waals surface area contributed by atoms with Crippen molar-refractivity contribution in [3.05, 3.63) is 64.9 Å². The molecule has 2 aromatic rings. The summed E-state index contributed by atoms with van der Waals surface area (Å²) >= 11 is 5.99. The Morgan fingerprint density at radius 2 is 1.68 bits per heavy atom. The molecule has 0 aliphatic carbocycles. The van der Waals surface area contributed by atoms with Crippen molar-refractivity contribution < 1.29 is 14.0 Å². The molecule has 0 aromatic heterocycles. The second kappa shape index (κ2) is 7.56. The van der Waals surface area contributed by atoms with E-state index in [2.05, 4.69) is 10.6 Å². The molecule has 0 atom stereocenters. The van der Waals surface area contributed by atoms with Crippen LogP contribution in [0.15, 0.2) is 48.5 Å². The van der Waals surface area contributed by atoms with Crippen LogP contribution in [0, 0.1) is 5.82 Å². The summed E-state index contributed by atoms with van der Waals surface area (Å²) in [5.74, 6) is -2.33. The van der Waals surface area contributed by atoms with Gasteiger partial charge in [0, 0.05) is 11.6 Å². The highest BCUT2D eigenvalue weighted by Gasteiger charge is 2.14. The molecule has 114 valence electrons. The summed E-state index contributed by atoms with van der Waals surface area (Å²) in [6.45, 7) is 0.257. The highest BCUT2D eigenvalue weighted by atomic mass is 35.5. The lowest BCUT2D eigenvalue weighted by Crippen LogP contribution is -2.36. The van der Waals surface area contributed by atoms with Crippen molar-refractivity contribution in [2.45, 2.75) is 6.42 Å². The number of nitrogens with one attached hydrogen (secondary N) is 2. The van der Waals surface area contributed by atoms with Crippen molar-refractivity contribution in [3.63, 3.8) is 0 Å². The lowest BCUT2D eigenvalue weighted by Gasteiger charge is -2.08. The fraction of sp³-hybridized carbons (Fsp3) is 0.125. The Labute approximate surface area is 132 Å². The number of carbonyl (C=O) groups excluding carboxylic acids is 2. The Hall–Kier alpha value is -2.40. The van der Waals surface area contributed by atoms with E-state index in [1.807, 2.05) is 18.2 Å². The molecule has 4 nitrogen and oxygen atoms in total. The molecule has 0 heterocycles. The van der Waals surface area contributed by atoms with Crippen LogP contribution in [0.5, 0.6) is 0 Å². The molecule has 0 saturated heterocycles. The fourth-order valence-corrected chi connectivity index (χ4v) is 2.06. The van der Waals surface area contributed by atoms with Crippen molar-refractivity contribution in [1.29, 1.82) is 0 Å². The predicted octanol–water partition coefficient (Wildman–Crippen LogP) is 2.78. The summed E-state index contributed by atoms with van der Waals surface area (Å²) in [6.07, 6.45) is 0.498. The van der Waals surface area contributed by atoms with Crippen molar-refractivity contribution in [1.82, 2.24) is 5.32 Å². The van der Waals surface area contributed by atoms with Gasteiger partial charge in [0.25, 0.3) is 0 Å². The Balaban J connectivity index is 1.83. The minimum atomic E-state index is -0.913. The zero-order valence-electron chi connectivity index (χ0n) is 11.6. The molecule has 0 fully saturated rings. The first-order valence-corrected chi connectivity index (χ1v) is 7.03. The average Bonchev–Trinajstić information content (AvgIpc) is 2.51. The number of hydrogen-bond donors (Lipinski definition) is 2. The first kappa shape index (κ1) is 16.0. The minimum Gasteiger partial charge on any atom is -0.347 e. The third kappa shape index (κ3) is 4.30. The summed E-state index contributed by atoms with van der Waals surface area (Å²) in [5.41, 5.74) is 0.840. The fourth-order valence-electron chi connectivity index (χ4n) is 1.83. The van der Waals surface area contributed by atoms with Gasteiger partial charge in [0.1, 0.15) is 5.82 Å². The van der Waals surface area contributed by atoms with E-state index in [4.69, 9.17) is 11.6 Å². The molecule has 0 saturated carbocycles. The van der Waals surface area contributed by atoms with E-state index < -0.39 is 17.6 Å². The zero-order valence-corrected chi connectivity index (χ0v) is 12.4. The highest BCUT2D eigenvalue weighted by Crippen LogP contribution is 2.15. The third-order valence-electron chi connectivity index (χ3n) is 2.97. The van der Waals surface area contributed by atoms with Crippen LogP contribution in [0.25, 0.3) is 0 Å². The van der Waals surface area contributed by atoms with Crippen LogP contribution in [0.3, 0.4) is 0 Å². The van der Waals surface area contributed by atoms with E-state index in [1.165, 1.54) is 18.2 Å². The summed E-state index contributed by atoms with van der Waals surface area (Å²) in [5, 5.41) is 5.29. The summed E-state index contributed by atoms with van der Waals surface area (Å²) < 4.78 is 13.4. The molecular formula is C16H14ClFN2O2. The number of anilines is 1. The molecule has 22 heavy (non-hydrogen) atoms. The lowest BCUT2D eigenvalue weighted by atomic mass is 10.1. The maximum absolute atomic E-state index is 13.4.